The Balaban J connectivity index is 2.34. The predicted octanol–water partition coefficient (Wildman–Crippen LogP) is 0.619. The van der Waals surface area contributed by atoms with Gasteiger partial charge in [-0.3, -0.25) is 5.43 Å². The van der Waals surface area contributed by atoms with Gasteiger partial charge in [0.2, 0.25) is 5.96 Å². The van der Waals surface area contributed by atoms with E-state index in [1.54, 1.807) is 7.11 Å². The zero-order chi connectivity index (χ0) is 12.0. The molecule has 4 N–H and O–H groups in total. The summed E-state index contributed by atoms with van der Waals surface area (Å²) < 4.78 is 5.04. The number of hydrogen-bond acceptors (Lipinski definition) is 3. The smallest absolute Gasteiger partial charge is 0.206 e. The molecule has 0 aromatic carbocycles. The minimum absolute atomic E-state index is 0.202. The molecular weight excluding hydrogens is 204 g/mol. The van der Waals surface area contributed by atoms with Crippen molar-refractivity contribution in [3.63, 3.8) is 0 Å². The van der Waals surface area contributed by atoms with Gasteiger partial charge in [-0.25, -0.2) is 10.8 Å². The van der Waals surface area contributed by atoms with Gasteiger partial charge in [0.25, 0.3) is 0 Å². The number of nitrogens with two attached hydrogens (primary N) is 1. The second-order valence-electron chi connectivity index (χ2n) is 4.65. The molecule has 0 aromatic heterocycles. The molecule has 0 aromatic rings. The van der Waals surface area contributed by atoms with Crippen molar-refractivity contribution in [2.75, 3.05) is 13.7 Å². The van der Waals surface area contributed by atoms with Crippen molar-refractivity contribution in [1.29, 1.82) is 0 Å². The van der Waals surface area contributed by atoms with E-state index in [0.717, 1.165) is 12.3 Å². The molecule has 1 rings (SSSR count). The molecule has 2 atom stereocenters. The van der Waals surface area contributed by atoms with Crippen LogP contribution in [0.15, 0.2) is 4.99 Å². The monoisotopic (exact) mass is 228 g/mol. The Labute approximate surface area is 97.8 Å². The quantitative estimate of drug-likeness (QED) is 0.270. The Kier molecular flexibility index (Phi) is 5.55. The molecule has 1 aliphatic carbocycles. The summed E-state index contributed by atoms with van der Waals surface area (Å²) in [5.41, 5.74) is 2.60. The highest BCUT2D eigenvalue weighted by Crippen LogP contribution is 2.34. The lowest BCUT2D eigenvalue weighted by molar-refractivity contribution is 0.179. The molecule has 0 radical (unpaired) electrons. The van der Waals surface area contributed by atoms with Gasteiger partial charge in [0.05, 0.1) is 12.6 Å². The number of aliphatic imine (C=N–C) groups is 1. The highest BCUT2D eigenvalue weighted by atomic mass is 16.5. The van der Waals surface area contributed by atoms with E-state index < -0.39 is 0 Å². The highest BCUT2D eigenvalue weighted by molar-refractivity contribution is 5.79. The molecular formula is C11H24N4O. The van der Waals surface area contributed by atoms with E-state index in [0.29, 0.717) is 18.6 Å². The van der Waals surface area contributed by atoms with Crippen molar-refractivity contribution >= 4 is 5.96 Å². The maximum Gasteiger partial charge on any atom is 0.206 e. The van der Waals surface area contributed by atoms with Crippen molar-refractivity contribution < 1.29 is 4.74 Å². The Morgan fingerprint density at radius 1 is 1.50 bits per heavy atom. The third-order valence-electron chi connectivity index (χ3n) is 2.66. The number of nitrogens with zero attached hydrogens (tertiary/aromatic N) is 1. The lowest BCUT2D eigenvalue weighted by atomic mass is 10.2. The third-order valence-corrected chi connectivity index (χ3v) is 2.66. The van der Waals surface area contributed by atoms with Gasteiger partial charge in [-0.2, -0.15) is 0 Å². The van der Waals surface area contributed by atoms with Crippen LogP contribution in [0.25, 0.3) is 0 Å². The van der Waals surface area contributed by atoms with Gasteiger partial charge in [-0.15, -0.1) is 0 Å². The first-order valence-corrected chi connectivity index (χ1v) is 5.95. The van der Waals surface area contributed by atoms with Crippen molar-refractivity contribution in [2.24, 2.45) is 16.8 Å². The van der Waals surface area contributed by atoms with Crippen LogP contribution in [0.5, 0.6) is 0 Å². The number of guanidine groups is 1. The van der Waals surface area contributed by atoms with Crippen molar-refractivity contribution in [2.45, 2.75) is 45.2 Å². The Morgan fingerprint density at radius 2 is 2.19 bits per heavy atom. The fourth-order valence-corrected chi connectivity index (χ4v) is 1.75. The predicted molar refractivity (Wildman–Crippen MR) is 66.0 cm³/mol. The maximum absolute atomic E-state index is 5.43. The minimum atomic E-state index is 0.202. The van der Waals surface area contributed by atoms with Crippen LogP contribution in [0.2, 0.25) is 0 Å². The molecule has 16 heavy (non-hydrogen) atoms. The van der Waals surface area contributed by atoms with Gasteiger partial charge in [0.1, 0.15) is 0 Å². The van der Waals surface area contributed by atoms with Gasteiger partial charge in [-0.1, -0.05) is 12.8 Å². The number of nitrogens with one attached hydrogen (secondary N) is 2. The summed E-state index contributed by atoms with van der Waals surface area (Å²) >= 11 is 0. The minimum Gasteiger partial charge on any atom is -0.383 e. The highest BCUT2D eigenvalue weighted by Gasteiger charge is 2.23. The molecule has 0 bridgehead atoms. The second kappa shape index (κ2) is 6.70. The Bertz CT molecular complexity index is 228. The number of methoxy groups -OCH3 is 1. The molecule has 0 heterocycles. The average molecular weight is 228 g/mol. The molecule has 1 saturated carbocycles. The lowest BCUT2D eigenvalue weighted by Gasteiger charge is -2.17. The largest absolute Gasteiger partial charge is 0.383 e. The van der Waals surface area contributed by atoms with E-state index in [-0.39, 0.29) is 6.04 Å². The molecule has 94 valence electrons. The van der Waals surface area contributed by atoms with Crippen LogP contribution in [0.3, 0.4) is 0 Å². The zero-order valence-electron chi connectivity index (χ0n) is 10.5. The summed E-state index contributed by atoms with van der Waals surface area (Å²) in [6.07, 6.45) is 3.88. The fraction of sp³-hybridized carbons (Fsp3) is 0.909. The molecule has 1 aliphatic rings. The summed E-state index contributed by atoms with van der Waals surface area (Å²) in [6, 6.07) is 0.522. The van der Waals surface area contributed by atoms with Crippen LogP contribution in [0.4, 0.5) is 0 Å². The maximum atomic E-state index is 5.43. The van der Waals surface area contributed by atoms with Gasteiger partial charge in [0, 0.05) is 13.2 Å². The van der Waals surface area contributed by atoms with E-state index in [2.05, 4.69) is 22.7 Å². The molecule has 2 unspecified atom stereocenters. The van der Waals surface area contributed by atoms with Crippen LogP contribution in [-0.4, -0.2) is 31.8 Å². The van der Waals surface area contributed by atoms with Crippen LogP contribution in [0, 0.1) is 5.92 Å². The number of rotatable bonds is 6. The fourth-order valence-electron chi connectivity index (χ4n) is 1.75. The molecule has 0 saturated heterocycles. The van der Waals surface area contributed by atoms with Crippen LogP contribution >= 0.6 is 0 Å². The molecule has 5 nitrogen and oxygen atoms in total. The van der Waals surface area contributed by atoms with Crippen LogP contribution in [0.1, 0.15) is 33.1 Å². The van der Waals surface area contributed by atoms with E-state index in [1.165, 1.54) is 12.8 Å². The SMILES string of the molecule is COCC(C)NC(=NC(C)CC1CC1)NN. The summed E-state index contributed by atoms with van der Waals surface area (Å²) in [5.74, 6) is 6.96. The zero-order valence-corrected chi connectivity index (χ0v) is 10.5. The van der Waals surface area contributed by atoms with Crippen molar-refractivity contribution in [1.82, 2.24) is 10.7 Å². The van der Waals surface area contributed by atoms with Crippen LogP contribution < -0.4 is 16.6 Å². The van der Waals surface area contributed by atoms with Crippen LogP contribution in [-0.2, 0) is 4.74 Å². The van der Waals surface area contributed by atoms with E-state index >= 15 is 0 Å². The Hall–Kier alpha value is -0.810. The van der Waals surface area contributed by atoms with Gasteiger partial charge in [0.15, 0.2) is 0 Å². The summed E-state index contributed by atoms with van der Waals surface area (Å²) in [5, 5.41) is 3.18. The van der Waals surface area contributed by atoms with Crippen molar-refractivity contribution in [3.05, 3.63) is 0 Å². The summed E-state index contributed by atoms with van der Waals surface area (Å²) in [7, 11) is 1.68. The van der Waals surface area contributed by atoms with E-state index in [1.807, 2.05) is 6.92 Å². The number of hydrazine groups is 1. The second-order valence-corrected chi connectivity index (χ2v) is 4.65. The average Bonchev–Trinajstić information content (AvgIpc) is 3.00. The topological polar surface area (TPSA) is 71.7 Å². The lowest BCUT2D eigenvalue weighted by Crippen LogP contribution is -2.47. The molecule has 0 aliphatic heterocycles. The third kappa shape index (κ3) is 5.32. The summed E-state index contributed by atoms with van der Waals surface area (Å²) in [4.78, 5) is 4.51. The first kappa shape index (κ1) is 13.3. The summed E-state index contributed by atoms with van der Waals surface area (Å²) in [6.45, 7) is 4.79. The molecule has 0 amide bonds. The van der Waals surface area contributed by atoms with E-state index in [4.69, 9.17) is 10.6 Å². The first-order valence-electron chi connectivity index (χ1n) is 5.95. The van der Waals surface area contributed by atoms with Crippen molar-refractivity contribution in [3.8, 4) is 0 Å². The molecule has 5 heteroatoms. The van der Waals surface area contributed by atoms with Gasteiger partial charge < -0.3 is 10.1 Å². The standard InChI is InChI=1S/C11H24N4O/c1-8(6-10-4-5-10)13-11(15-12)14-9(2)7-16-3/h8-10H,4-7,12H2,1-3H3,(H2,13,14,15). The molecule has 1 fully saturated rings. The molecule has 0 spiro atoms. The number of hydrogen-bond donors (Lipinski definition) is 3. The van der Waals surface area contributed by atoms with Gasteiger partial charge in [-0.05, 0) is 26.2 Å². The van der Waals surface area contributed by atoms with Gasteiger partial charge >= 0.3 is 0 Å². The number of ether oxygens (including phenoxy) is 1. The Morgan fingerprint density at radius 3 is 2.69 bits per heavy atom. The normalized spacial score (nSPS) is 20.4. The van der Waals surface area contributed by atoms with E-state index in [9.17, 15) is 0 Å². The first-order chi connectivity index (χ1) is 7.65.